The molecule has 0 spiro atoms. The van der Waals surface area contributed by atoms with Gasteiger partial charge in [-0.2, -0.15) is 0 Å². The molecular formula is C27H35N5O4. The summed E-state index contributed by atoms with van der Waals surface area (Å²) in [6, 6.07) is 10.1. The van der Waals surface area contributed by atoms with Gasteiger partial charge >= 0.3 is 0 Å². The zero-order valence-electron chi connectivity index (χ0n) is 21.0. The van der Waals surface area contributed by atoms with Crippen molar-refractivity contribution in [2.45, 2.75) is 50.7 Å². The molecule has 5 rings (SSSR count). The van der Waals surface area contributed by atoms with Crippen molar-refractivity contribution in [3.8, 4) is 11.1 Å². The highest BCUT2D eigenvalue weighted by Gasteiger charge is 2.26. The number of anilines is 1. The van der Waals surface area contributed by atoms with Crippen molar-refractivity contribution in [2.75, 3.05) is 45.3 Å². The highest BCUT2D eigenvalue weighted by atomic mass is 16.5. The molecule has 2 aliphatic rings. The molecule has 2 N–H and O–H groups in total. The molecule has 3 aromatic rings. The number of nitrogens with zero attached hydrogens (tertiary/aromatic N) is 4. The van der Waals surface area contributed by atoms with Crippen molar-refractivity contribution in [3.63, 3.8) is 0 Å². The van der Waals surface area contributed by atoms with E-state index in [0.717, 1.165) is 48.0 Å². The maximum atomic E-state index is 12.9. The fraction of sp³-hybridized carbons (Fsp3) is 0.519. The molecule has 1 aromatic carbocycles. The van der Waals surface area contributed by atoms with Crippen LogP contribution in [0.15, 0.2) is 36.5 Å². The van der Waals surface area contributed by atoms with Crippen LogP contribution in [0.5, 0.6) is 0 Å². The lowest BCUT2D eigenvalue weighted by atomic mass is 9.85. The molecule has 2 aromatic heterocycles. The maximum Gasteiger partial charge on any atom is 0.254 e. The summed E-state index contributed by atoms with van der Waals surface area (Å²) in [6.07, 6.45) is 5.08. The Morgan fingerprint density at radius 1 is 1.19 bits per heavy atom. The summed E-state index contributed by atoms with van der Waals surface area (Å²) in [5.41, 5.74) is 4.79. The predicted molar refractivity (Wildman–Crippen MR) is 137 cm³/mol. The first-order valence-corrected chi connectivity index (χ1v) is 12.8. The zero-order chi connectivity index (χ0) is 25.1. The predicted octanol–water partition coefficient (Wildman–Crippen LogP) is 3.33. The topological polar surface area (TPSA) is 101 Å². The van der Waals surface area contributed by atoms with Gasteiger partial charge < -0.3 is 24.8 Å². The molecule has 1 atom stereocenters. The molecule has 1 saturated heterocycles. The molecule has 1 unspecified atom stereocenters. The number of amides is 1. The van der Waals surface area contributed by atoms with Gasteiger partial charge in [0.2, 0.25) is 5.95 Å². The Labute approximate surface area is 211 Å². The Morgan fingerprint density at radius 2 is 1.92 bits per heavy atom. The number of aliphatic hydroxyl groups excluding tert-OH is 1. The highest BCUT2D eigenvalue weighted by molar-refractivity contribution is 5.95. The van der Waals surface area contributed by atoms with E-state index in [1.807, 2.05) is 46.8 Å². The number of hydrogen-bond donors (Lipinski definition) is 2. The van der Waals surface area contributed by atoms with Crippen molar-refractivity contribution in [2.24, 2.45) is 0 Å². The third-order valence-electron chi connectivity index (χ3n) is 7.19. The molecule has 192 valence electrons. The molecule has 1 aliphatic heterocycles. The summed E-state index contributed by atoms with van der Waals surface area (Å²) >= 11 is 0. The van der Waals surface area contributed by atoms with Gasteiger partial charge in [-0.1, -0.05) is 12.1 Å². The van der Waals surface area contributed by atoms with E-state index < -0.39 is 0 Å². The molecule has 1 saturated carbocycles. The third-order valence-corrected chi connectivity index (χ3v) is 7.19. The standard InChI is InChI=1S/C27H35N5O4/c1-18(17-35-2)29-27-28-16-25-23(15-24(32(25)30-27)20-7-9-22(33)10-8-20)19-3-5-21(6-4-19)26(34)31-11-13-36-14-12-31/h3-6,15-16,18,20,22,33H,7-14,17H2,1-2H3,(H,29,30). The zero-order valence-corrected chi connectivity index (χ0v) is 21.0. The van der Waals surface area contributed by atoms with E-state index in [2.05, 4.69) is 16.4 Å². The molecule has 2 fully saturated rings. The number of carbonyl (C=O) groups excluding carboxylic acids is 1. The fourth-order valence-electron chi connectivity index (χ4n) is 5.23. The van der Waals surface area contributed by atoms with Crippen LogP contribution in [-0.4, -0.2) is 82.7 Å². The van der Waals surface area contributed by atoms with E-state index in [-0.39, 0.29) is 18.1 Å². The van der Waals surface area contributed by atoms with E-state index in [1.165, 1.54) is 0 Å². The Morgan fingerprint density at radius 3 is 2.61 bits per heavy atom. The van der Waals surface area contributed by atoms with Crippen LogP contribution in [0.25, 0.3) is 16.6 Å². The minimum Gasteiger partial charge on any atom is -0.393 e. The Hall–Kier alpha value is -3.01. The number of ether oxygens (including phenoxy) is 2. The Balaban J connectivity index is 1.47. The van der Waals surface area contributed by atoms with Crippen LogP contribution in [-0.2, 0) is 9.47 Å². The minimum absolute atomic E-state index is 0.0391. The van der Waals surface area contributed by atoms with Crippen LogP contribution in [0, 0.1) is 0 Å². The van der Waals surface area contributed by atoms with Crippen LogP contribution in [0.4, 0.5) is 5.95 Å². The molecule has 9 nitrogen and oxygen atoms in total. The normalized spacial score (nSPS) is 21.5. The van der Waals surface area contributed by atoms with Crippen molar-refractivity contribution >= 4 is 17.4 Å². The summed E-state index contributed by atoms with van der Waals surface area (Å²) < 4.78 is 12.6. The number of benzene rings is 1. The summed E-state index contributed by atoms with van der Waals surface area (Å²) in [7, 11) is 1.68. The van der Waals surface area contributed by atoms with E-state index in [1.54, 1.807) is 7.11 Å². The molecule has 1 aliphatic carbocycles. The summed E-state index contributed by atoms with van der Waals surface area (Å²) in [6.45, 7) is 5.01. The quantitative estimate of drug-likeness (QED) is 0.521. The van der Waals surface area contributed by atoms with Crippen molar-refractivity contribution in [1.29, 1.82) is 0 Å². The lowest BCUT2D eigenvalue weighted by molar-refractivity contribution is 0.0303. The molecular weight excluding hydrogens is 458 g/mol. The molecule has 0 bridgehead atoms. The van der Waals surface area contributed by atoms with E-state index in [9.17, 15) is 9.90 Å². The van der Waals surface area contributed by atoms with Gasteiger partial charge in [-0.3, -0.25) is 4.79 Å². The first-order valence-electron chi connectivity index (χ1n) is 12.8. The fourth-order valence-corrected chi connectivity index (χ4v) is 5.23. The van der Waals surface area contributed by atoms with Gasteiger partial charge in [0.05, 0.1) is 37.6 Å². The van der Waals surface area contributed by atoms with Crippen molar-refractivity contribution in [3.05, 3.63) is 47.8 Å². The van der Waals surface area contributed by atoms with Crippen LogP contribution >= 0.6 is 0 Å². The van der Waals surface area contributed by atoms with Crippen LogP contribution in [0.1, 0.15) is 54.6 Å². The Kier molecular flexibility index (Phi) is 7.50. The summed E-state index contributed by atoms with van der Waals surface area (Å²) in [5.74, 6) is 0.908. The van der Waals surface area contributed by atoms with Gasteiger partial charge in [-0.05, 0) is 56.4 Å². The van der Waals surface area contributed by atoms with Gasteiger partial charge in [0.15, 0.2) is 0 Å². The third kappa shape index (κ3) is 5.23. The van der Waals surface area contributed by atoms with Gasteiger partial charge in [0, 0.05) is 49.0 Å². The van der Waals surface area contributed by atoms with E-state index in [4.69, 9.17) is 14.6 Å². The Bertz CT molecular complexity index is 1180. The number of hydrogen-bond acceptors (Lipinski definition) is 7. The first-order chi connectivity index (χ1) is 17.5. The molecule has 36 heavy (non-hydrogen) atoms. The van der Waals surface area contributed by atoms with Crippen LogP contribution in [0.3, 0.4) is 0 Å². The van der Waals surface area contributed by atoms with Gasteiger partial charge in [-0.25, -0.2) is 9.50 Å². The average Bonchev–Trinajstić information content (AvgIpc) is 3.28. The second-order valence-electron chi connectivity index (χ2n) is 9.85. The second kappa shape index (κ2) is 10.9. The maximum absolute atomic E-state index is 12.9. The smallest absolute Gasteiger partial charge is 0.254 e. The number of methoxy groups -OCH3 is 1. The lowest BCUT2D eigenvalue weighted by Crippen LogP contribution is -2.40. The number of morpholine rings is 1. The lowest BCUT2D eigenvalue weighted by Gasteiger charge is -2.26. The molecule has 1 amide bonds. The SMILES string of the molecule is COCC(C)Nc1ncc2c(-c3ccc(C(=O)N4CCOCC4)cc3)cc(C3CCC(O)CC3)n2n1. The molecule has 0 radical (unpaired) electrons. The molecule has 3 heterocycles. The van der Waals surface area contributed by atoms with Crippen molar-refractivity contribution in [1.82, 2.24) is 19.5 Å². The average molecular weight is 494 g/mol. The number of carbonyl (C=O) groups is 1. The van der Waals surface area contributed by atoms with Gasteiger partial charge in [0.1, 0.15) is 0 Å². The summed E-state index contributed by atoms with van der Waals surface area (Å²) in [5, 5.41) is 18.2. The largest absolute Gasteiger partial charge is 0.393 e. The van der Waals surface area contributed by atoms with Crippen LogP contribution < -0.4 is 5.32 Å². The number of aromatic nitrogens is 3. The van der Waals surface area contributed by atoms with E-state index >= 15 is 0 Å². The minimum atomic E-state index is -0.217. The van der Waals surface area contributed by atoms with Crippen LogP contribution in [0.2, 0.25) is 0 Å². The first kappa shape index (κ1) is 24.7. The monoisotopic (exact) mass is 493 g/mol. The van der Waals surface area contributed by atoms with E-state index in [0.29, 0.717) is 50.3 Å². The second-order valence-corrected chi connectivity index (χ2v) is 9.85. The van der Waals surface area contributed by atoms with Gasteiger partial charge in [0.25, 0.3) is 5.91 Å². The molecule has 9 heteroatoms. The number of nitrogens with one attached hydrogen (secondary N) is 1. The number of rotatable bonds is 7. The van der Waals surface area contributed by atoms with Crippen molar-refractivity contribution < 1.29 is 19.4 Å². The number of fused-ring (bicyclic) bond motifs is 1. The highest BCUT2D eigenvalue weighted by Crippen LogP contribution is 2.37. The number of aliphatic hydroxyl groups is 1. The summed E-state index contributed by atoms with van der Waals surface area (Å²) in [4.78, 5) is 19.3. The van der Waals surface area contributed by atoms with Gasteiger partial charge in [-0.15, -0.1) is 5.10 Å².